The molecule has 1 aliphatic carbocycles. The smallest absolute Gasteiger partial charge is 0.261 e. The van der Waals surface area contributed by atoms with E-state index in [4.69, 9.17) is 0 Å². The molecule has 3 amide bonds. The molecule has 1 aromatic rings. The molecule has 0 bridgehead atoms. The fourth-order valence-corrected chi connectivity index (χ4v) is 4.72. The van der Waals surface area contributed by atoms with Crippen molar-refractivity contribution in [3.63, 3.8) is 0 Å². The maximum absolute atomic E-state index is 12.9. The van der Waals surface area contributed by atoms with Crippen LogP contribution in [0.5, 0.6) is 0 Å². The van der Waals surface area contributed by atoms with Crippen LogP contribution in [0.4, 0.5) is 0 Å². The second-order valence-electron chi connectivity index (χ2n) is 8.00. The van der Waals surface area contributed by atoms with Crippen molar-refractivity contribution in [1.82, 2.24) is 15.1 Å². The van der Waals surface area contributed by atoms with Crippen molar-refractivity contribution < 1.29 is 14.4 Å². The maximum Gasteiger partial charge on any atom is 0.261 e. The molecule has 0 spiro atoms. The summed E-state index contributed by atoms with van der Waals surface area (Å²) in [6.07, 6.45) is 6.05. The first-order valence-electron chi connectivity index (χ1n) is 10.1. The Morgan fingerprint density at radius 2 is 1.81 bits per heavy atom. The second-order valence-corrected chi connectivity index (χ2v) is 8.00. The molecule has 1 unspecified atom stereocenters. The van der Waals surface area contributed by atoms with Gasteiger partial charge in [-0.15, -0.1) is 0 Å². The fraction of sp³-hybridized carbons (Fsp3) is 0.571. The molecule has 2 heterocycles. The summed E-state index contributed by atoms with van der Waals surface area (Å²) in [7, 11) is 1.92. The first-order chi connectivity index (χ1) is 13.1. The van der Waals surface area contributed by atoms with Gasteiger partial charge in [0.1, 0.15) is 0 Å². The van der Waals surface area contributed by atoms with E-state index in [9.17, 15) is 14.4 Å². The van der Waals surface area contributed by atoms with E-state index in [1.807, 2.05) is 11.9 Å². The predicted octanol–water partition coefficient (Wildman–Crippen LogP) is 2.30. The quantitative estimate of drug-likeness (QED) is 0.827. The highest BCUT2D eigenvalue weighted by Gasteiger charge is 2.40. The van der Waals surface area contributed by atoms with E-state index in [1.165, 1.54) is 11.3 Å². The number of amides is 3. The highest BCUT2D eigenvalue weighted by atomic mass is 16.2. The lowest BCUT2D eigenvalue weighted by Gasteiger charge is -2.29. The summed E-state index contributed by atoms with van der Waals surface area (Å²) >= 11 is 0. The fourth-order valence-electron chi connectivity index (χ4n) is 4.72. The predicted molar refractivity (Wildman–Crippen MR) is 102 cm³/mol. The minimum atomic E-state index is -0.231. The van der Waals surface area contributed by atoms with Crippen LogP contribution in [0.25, 0.3) is 0 Å². The summed E-state index contributed by atoms with van der Waals surface area (Å²) in [5.41, 5.74) is 1.34. The molecule has 1 saturated heterocycles. The van der Waals surface area contributed by atoms with Gasteiger partial charge in [0.25, 0.3) is 17.7 Å². The number of hydrogen-bond donors (Lipinski definition) is 1. The third-order valence-corrected chi connectivity index (χ3v) is 6.17. The highest BCUT2D eigenvalue weighted by molar-refractivity contribution is 6.22. The van der Waals surface area contributed by atoms with Gasteiger partial charge in [-0.2, -0.15) is 0 Å². The molecule has 4 rings (SSSR count). The van der Waals surface area contributed by atoms with E-state index in [2.05, 4.69) is 5.32 Å². The number of benzene rings is 1. The third kappa shape index (κ3) is 3.27. The number of likely N-dealkylation sites (tertiary alicyclic amines) is 1. The molecule has 2 fully saturated rings. The first kappa shape index (κ1) is 18.2. The van der Waals surface area contributed by atoms with Gasteiger partial charge in [0.15, 0.2) is 0 Å². The molecular formula is C21H27N3O3. The maximum atomic E-state index is 12.9. The van der Waals surface area contributed by atoms with Gasteiger partial charge < -0.3 is 10.2 Å². The SMILES string of the molecule is CNCC1CCN(C(=O)c2ccc3c(c2)C(=O)N(C2CCCCC2)C3=O)C1. The highest BCUT2D eigenvalue weighted by Crippen LogP contribution is 2.32. The Labute approximate surface area is 159 Å². The number of fused-ring (bicyclic) bond motifs is 1. The van der Waals surface area contributed by atoms with Gasteiger partial charge in [0, 0.05) is 24.7 Å². The van der Waals surface area contributed by atoms with Crippen molar-refractivity contribution in [2.75, 3.05) is 26.7 Å². The van der Waals surface area contributed by atoms with Crippen LogP contribution >= 0.6 is 0 Å². The molecule has 1 aromatic carbocycles. The molecule has 0 radical (unpaired) electrons. The van der Waals surface area contributed by atoms with Gasteiger partial charge in [0.05, 0.1) is 11.1 Å². The molecule has 1 N–H and O–H groups in total. The van der Waals surface area contributed by atoms with Crippen LogP contribution in [0.2, 0.25) is 0 Å². The van der Waals surface area contributed by atoms with Gasteiger partial charge in [-0.3, -0.25) is 19.3 Å². The number of carbonyl (C=O) groups is 3. The molecule has 3 aliphatic rings. The van der Waals surface area contributed by atoms with E-state index < -0.39 is 0 Å². The second kappa shape index (κ2) is 7.43. The molecule has 144 valence electrons. The Morgan fingerprint density at radius 1 is 1.07 bits per heavy atom. The van der Waals surface area contributed by atoms with E-state index in [-0.39, 0.29) is 23.8 Å². The Morgan fingerprint density at radius 3 is 2.56 bits per heavy atom. The zero-order valence-electron chi connectivity index (χ0n) is 15.9. The van der Waals surface area contributed by atoms with Crippen molar-refractivity contribution in [3.05, 3.63) is 34.9 Å². The third-order valence-electron chi connectivity index (χ3n) is 6.17. The lowest BCUT2D eigenvalue weighted by molar-refractivity contribution is 0.0548. The lowest BCUT2D eigenvalue weighted by Crippen LogP contribution is -2.40. The summed E-state index contributed by atoms with van der Waals surface area (Å²) in [5.74, 6) is -0.00617. The largest absolute Gasteiger partial charge is 0.338 e. The number of rotatable bonds is 4. The summed E-state index contributed by atoms with van der Waals surface area (Å²) < 4.78 is 0. The number of imide groups is 1. The van der Waals surface area contributed by atoms with Gasteiger partial charge in [-0.1, -0.05) is 19.3 Å². The molecule has 6 nitrogen and oxygen atoms in total. The summed E-state index contributed by atoms with van der Waals surface area (Å²) in [6, 6.07) is 4.99. The average Bonchev–Trinajstić information content (AvgIpc) is 3.25. The van der Waals surface area contributed by atoms with Gasteiger partial charge >= 0.3 is 0 Å². The van der Waals surface area contributed by atoms with E-state index in [0.29, 0.717) is 22.6 Å². The van der Waals surface area contributed by atoms with Crippen LogP contribution in [0.1, 0.15) is 69.6 Å². The number of nitrogens with zero attached hydrogens (tertiary/aromatic N) is 2. The Hall–Kier alpha value is -2.21. The number of hydrogen-bond acceptors (Lipinski definition) is 4. The molecule has 6 heteroatoms. The Bertz CT molecular complexity index is 770. The van der Waals surface area contributed by atoms with Crippen molar-refractivity contribution >= 4 is 17.7 Å². The summed E-state index contributed by atoms with van der Waals surface area (Å²) in [5, 5.41) is 3.16. The van der Waals surface area contributed by atoms with Crippen LogP contribution in [0.3, 0.4) is 0 Å². The number of carbonyl (C=O) groups excluding carboxylic acids is 3. The van der Waals surface area contributed by atoms with E-state index in [1.54, 1.807) is 18.2 Å². The van der Waals surface area contributed by atoms with Crippen LogP contribution < -0.4 is 5.32 Å². The van der Waals surface area contributed by atoms with Crippen molar-refractivity contribution in [1.29, 1.82) is 0 Å². The topological polar surface area (TPSA) is 69.7 Å². The van der Waals surface area contributed by atoms with E-state index >= 15 is 0 Å². The van der Waals surface area contributed by atoms with Gasteiger partial charge in [0.2, 0.25) is 0 Å². The standard InChI is InChI=1S/C21H27N3O3/c1-22-12-14-9-10-23(13-14)19(25)15-7-8-17-18(11-15)21(27)24(20(17)26)16-5-3-2-4-6-16/h7-8,11,14,16,22H,2-6,9-10,12-13H2,1H3. The monoisotopic (exact) mass is 369 g/mol. The van der Waals surface area contributed by atoms with Crippen LogP contribution in [-0.4, -0.2) is 60.2 Å². The van der Waals surface area contributed by atoms with Crippen LogP contribution in [0, 0.1) is 5.92 Å². The van der Waals surface area contributed by atoms with Gasteiger partial charge in [-0.25, -0.2) is 0 Å². The lowest BCUT2D eigenvalue weighted by atomic mass is 9.94. The Balaban J connectivity index is 1.53. The molecule has 2 aliphatic heterocycles. The van der Waals surface area contributed by atoms with E-state index in [0.717, 1.165) is 51.7 Å². The number of nitrogens with one attached hydrogen (secondary N) is 1. The zero-order valence-corrected chi connectivity index (χ0v) is 15.9. The van der Waals surface area contributed by atoms with Crippen molar-refractivity contribution in [2.45, 2.75) is 44.6 Å². The van der Waals surface area contributed by atoms with Crippen LogP contribution in [0.15, 0.2) is 18.2 Å². The van der Waals surface area contributed by atoms with Crippen molar-refractivity contribution in [2.24, 2.45) is 5.92 Å². The minimum Gasteiger partial charge on any atom is -0.338 e. The first-order valence-corrected chi connectivity index (χ1v) is 10.1. The van der Waals surface area contributed by atoms with Crippen molar-refractivity contribution in [3.8, 4) is 0 Å². The molecule has 27 heavy (non-hydrogen) atoms. The zero-order chi connectivity index (χ0) is 19.0. The Kier molecular flexibility index (Phi) is 5.00. The van der Waals surface area contributed by atoms with Gasteiger partial charge in [-0.05, 0) is 57.0 Å². The molecule has 1 atom stereocenters. The normalized spacial score (nSPS) is 23.2. The molecular weight excluding hydrogens is 342 g/mol. The van der Waals surface area contributed by atoms with Crippen LogP contribution in [-0.2, 0) is 0 Å². The molecule has 1 saturated carbocycles. The minimum absolute atomic E-state index is 0.00573. The molecule has 0 aromatic heterocycles. The summed E-state index contributed by atoms with van der Waals surface area (Å²) in [4.78, 5) is 41.8. The summed E-state index contributed by atoms with van der Waals surface area (Å²) in [6.45, 7) is 2.37. The average molecular weight is 369 g/mol.